The number of methoxy groups -OCH3 is 1. The van der Waals surface area contributed by atoms with Gasteiger partial charge in [-0.2, -0.15) is 0 Å². The Morgan fingerprint density at radius 2 is 1.81 bits per heavy atom. The van der Waals surface area contributed by atoms with Crippen LogP contribution in [0.25, 0.3) is 11.4 Å². The summed E-state index contributed by atoms with van der Waals surface area (Å²) in [7, 11) is 1.50. The molecular weight excluding hydrogens is 479 g/mol. The van der Waals surface area contributed by atoms with Gasteiger partial charge in [0.1, 0.15) is 23.0 Å². The van der Waals surface area contributed by atoms with E-state index in [0.29, 0.717) is 34.3 Å². The number of hydrogen-bond donors (Lipinski definition) is 3. The van der Waals surface area contributed by atoms with Gasteiger partial charge in [0.05, 0.1) is 43.0 Å². The van der Waals surface area contributed by atoms with Crippen molar-refractivity contribution in [1.29, 1.82) is 0 Å². The number of ether oxygens (including phenoxy) is 1. The third-order valence-electron chi connectivity index (χ3n) is 5.05. The maximum absolute atomic E-state index is 13.4. The highest BCUT2D eigenvalue weighted by atomic mass is 19.1. The van der Waals surface area contributed by atoms with Gasteiger partial charge in [0.15, 0.2) is 17.4 Å². The number of para-hydroxylation sites is 1. The lowest BCUT2D eigenvalue weighted by molar-refractivity contribution is 0.0366. The first-order valence-electron chi connectivity index (χ1n) is 11.3. The number of rotatable bonds is 9. The van der Waals surface area contributed by atoms with E-state index in [9.17, 15) is 9.18 Å². The van der Waals surface area contributed by atoms with Crippen LogP contribution in [0.2, 0.25) is 0 Å². The van der Waals surface area contributed by atoms with Crippen molar-refractivity contribution in [1.82, 2.24) is 30.4 Å². The van der Waals surface area contributed by atoms with Crippen LogP contribution in [0.1, 0.15) is 28.8 Å². The van der Waals surface area contributed by atoms with Crippen molar-refractivity contribution < 1.29 is 18.8 Å². The van der Waals surface area contributed by atoms with Crippen molar-refractivity contribution in [3.8, 4) is 17.1 Å². The number of carbonyl (C=O) groups excluding carboxylic acids is 1. The lowest BCUT2D eigenvalue weighted by Gasteiger charge is -2.18. The second kappa shape index (κ2) is 11.4. The molecule has 0 fully saturated rings. The molecule has 0 aliphatic rings. The molecule has 3 heterocycles. The Hall–Kier alpha value is -4.71. The van der Waals surface area contributed by atoms with E-state index in [1.54, 1.807) is 50.4 Å². The van der Waals surface area contributed by atoms with E-state index < -0.39 is 11.7 Å². The molecule has 0 spiro atoms. The first-order valence-corrected chi connectivity index (χ1v) is 11.3. The van der Waals surface area contributed by atoms with Gasteiger partial charge in [0.25, 0.3) is 5.91 Å². The number of hydrogen-bond acceptors (Lipinski definition) is 10. The highest BCUT2D eigenvalue weighted by molar-refractivity contribution is 6.05. The van der Waals surface area contributed by atoms with Crippen LogP contribution < -0.4 is 20.9 Å². The Bertz CT molecular complexity index is 1400. The van der Waals surface area contributed by atoms with E-state index in [-0.39, 0.29) is 23.8 Å². The van der Waals surface area contributed by atoms with E-state index in [0.717, 1.165) is 18.1 Å². The Morgan fingerprint density at radius 3 is 2.51 bits per heavy atom. The molecule has 0 saturated heterocycles. The topological polar surface area (TPSA) is 136 Å². The van der Waals surface area contributed by atoms with Gasteiger partial charge in [-0.15, -0.1) is 0 Å². The normalized spacial score (nSPS) is 10.6. The van der Waals surface area contributed by atoms with Crippen LogP contribution in [-0.2, 0) is 4.84 Å². The van der Waals surface area contributed by atoms with E-state index in [4.69, 9.17) is 9.57 Å². The largest absolute Gasteiger partial charge is 0.494 e. The van der Waals surface area contributed by atoms with Crippen molar-refractivity contribution in [3.05, 3.63) is 71.8 Å². The summed E-state index contributed by atoms with van der Waals surface area (Å²) in [6, 6.07) is 8.66. The van der Waals surface area contributed by atoms with Crippen molar-refractivity contribution in [3.63, 3.8) is 0 Å². The molecule has 0 atom stereocenters. The summed E-state index contributed by atoms with van der Waals surface area (Å²) in [5.74, 6) is 0.903. The van der Waals surface area contributed by atoms with Gasteiger partial charge in [0.2, 0.25) is 0 Å². The molecule has 4 aromatic rings. The molecule has 0 aliphatic heterocycles. The third kappa shape index (κ3) is 5.93. The number of benzene rings is 1. The first-order chi connectivity index (χ1) is 17.9. The summed E-state index contributed by atoms with van der Waals surface area (Å²) >= 11 is 0. The summed E-state index contributed by atoms with van der Waals surface area (Å²) in [5, 5.41) is 6.34. The molecule has 0 aliphatic carbocycles. The van der Waals surface area contributed by atoms with E-state index in [1.807, 2.05) is 6.92 Å². The van der Waals surface area contributed by atoms with Crippen LogP contribution in [-0.4, -0.2) is 44.5 Å². The highest BCUT2D eigenvalue weighted by Gasteiger charge is 2.21. The number of nitrogens with one attached hydrogen (secondary N) is 3. The number of hydroxylamine groups is 1. The van der Waals surface area contributed by atoms with E-state index in [1.165, 1.54) is 7.11 Å². The summed E-state index contributed by atoms with van der Waals surface area (Å²) < 4.78 is 19.0. The zero-order chi connectivity index (χ0) is 26.4. The number of anilines is 4. The Kier molecular flexibility index (Phi) is 7.79. The summed E-state index contributed by atoms with van der Waals surface area (Å²) in [5.41, 5.74) is 4.81. The van der Waals surface area contributed by atoms with Gasteiger partial charge in [-0.1, -0.05) is 6.07 Å². The quantitative estimate of drug-likeness (QED) is 0.284. The van der Waals surface area contributed by atoms with Gasteiger partial charge in [-0.05, 0) is 39.0 Å². The molecule has 12 heteroatoms. The van der Waals surface area contributed by atoms with Crippen LogP contribution >= 0.6 is 0 Å². The number of halogens is 1. The fraction of sp³-hybridized carbons (Fsp3) is 0.200. The van der Waals surface area contributed by atoms with Crippen molar-refractivity contribution >= 4 is 28.9 Å². The molecule has 4 rings (SSSR count). The molecular formula is C25H25FN8O3. The number of pyridine rings is 1. The summed E-state index contributed by atoms with van der Waals surface area (Å²) in [6.45, 7) is 5.64. The Morgan fingerprint density at radius 1 is 1.03 bits per heavy atom. The molecule has 0 bridgehead atoms. The minimum atomic E-state index is -0.548. The number of carbonyl (C=O) groups is 1. The standard InChI is InChI=1S/C25H25FN8O3/c1-5-37-34-25(35)21-18(9-10-27-24(21)33-20-11-14(2)30-15(3)31-20)32-19-8-6-7-17(22(19)36-4)23-28-12-16(26)13-29-23/h6-13H,5H2,1-4H3,(H,34,35)(H2,27,30,31,32,33). The first kappa shape index (κ1) is 25.4. The number of nitrogens with zero attached hydrogens (tertiary/aromatic N) is 5. The molecule has 11 nitrogen and oxygen atoms in total. The fourth-order valence-corrected chi connectivity index (χ4v) is 3.61. The van der Waals surface area contributed by atoms with E-state index >= 15 is 0 Å². The van der Waals surface area contributed by atoms with Gasteiger partial charge in [-0.25, -0.2) is 34.8 Å². The SMILES string of the molecule is CCONC(=O)c1c(Nc2cccc(-c3ncc(F)cn3)c2OC)ccnc1Nc1cc(C)nc(C)n1. The molecule has 3 aromatic heterocycles. The highest BCUT2D eigenvalue weighted by Crippen LogP contribution is 2.37. The lowest BCUT2D eigenvalue weighted by Crippen LogP contribution is -2.26. The fourth-order valence-electron chi connectivity index (χ4n) is 3.61. The zero-order valence-corrected chi connectivity index (χ0v) is 20.7. The maximum atomic E-state index is 13.4. The third-order valence-corrected chi connectivity index (χ3v) is 5.05. The number of aromatic nitrogens is 5. The van der Waals surface area contributed by atoms with Crippen molar-refractivity contribution in [2.75, 3.05) is 24.4 Å². The Balaban J connectivity index is 1.77. The van der Waals surface area contributed by atoms with Gasteiger partial charge in [-0.3, -0.25) is 9.63 Å². The van der Waals surface area contributed by atoms with Gasteiger partial charge in [0, 0.05) is 18.0 Å². The van der Waals surface area contributed by atoms with Crippen LogP contribution in [0.4, 0.5) is 27.4 Å². The molecule has 190 valence electrons. The molecule has 0 radical (unpaired) electrons. The molecule has 0 unspecified atom stereocenters. The average Bonchev–Trinajstić information content (AvgIpc) is 2.87. The predicted molar refractivity (Wildman–Crippen MR) is 135 cm³/mol. The molecule has 3 N–H and O–H groups in total. The second-order valence-electron chi connectivity index (χ2n) is 7.75. The van der Waals surface area contributed by atoms with Gasteiger partial charge >= 0.3 is 0 Å². The summed E-state index contributed by atoms with van der Waals surface area (Å²) in [4.78, 5) is 39.4. The smallest absolute Gasteiger partial charge is 0.280 e. The Labute approximate surface area is 212 Å². The number of amides is 1. The average molecular weight is 505 g/mol. The minimum Gasteiger partial charge on any atom is -0.494 e. The maximum Gasteiger partial charge on any atom is 0.280 e. The number of aryl methyl sites for hydroxylation is 2. The molecule has 37 heavy (non-hydrogen) atoms. The van der Waals surface area contributed by atoms with E-state index in [2.05, 4.69) is 41.0 Å². The van der Waals surface area contributed by atoms with Gasteiger partial charge < -0.3 is 15.4 Å². The minimum absolute atomic E-state index is 0.176. The van der Waals surface area contributed by atoms with Crippen molar-refractivity contribution in [2.24, 2.45) is 0 Å². The second-order valence-corrected chi connectivity index (χ2v) is 7.75. The van der Waals surface area contributed by atoms with Crippen LogP contribution in [0.15, 0.2) is 48.9 Å². The molecule has 0 saturated carbocycles. The van der Waals surface area contributed by atoms with Crippen LogP contribution in [0, 0.1) is 19.7 Å². The van der Waals surface area contributed by atoms with Crippen molar-refractivity contribution in [2.45, 2.75) is 20.8 Å². The molecule has 1 amide bonds. The monoisotopic (exact) mass is 504 g/mol. The summed E-state index contributed by atoms with van der Waals surface area (Å²) in [6.07, 6.45) is 3.70. The molecule has 1 aromatic carbocycles. The van der Waals surface area contributed by atoms with Crippen LogP contribution in [0.3, 0.4) is 0 Å². The zero-order valence-electron chi connectivity index (χ0n) is 20.7. The predicted octanol–water partition coefficient (Wildman–Crippen LogP) is 4.26. The van der Waals surface area contributed by atoms with Crippen LogP contribution in [0.5, 0.6) is 5.75 Å². The lowest BCUT2D eigenvalue weighted by atomic mass is 10.1.